The molecule has 2 aromatic carbocycles. The van der Waals surface area contributed by atoms with E-state index in [9.17, 15) is 13.6 Å². The predicted octanol–water partition coefficient (Wildman–Crippen LogP) is 4.20. The zero-order valence-electron chi connectivity index (χ0n) is 14.1. The van der Waals surface area contributed by atoms with Crippen LogP contribution in [0.4, 0.5) is 14.6 Å². The van der Waals surface area contributed by atoms with Crippen molar-refractivity contribution in [3.63, 3.8) is 0 Å². The van der Waals surface area contributed by atoms with E-state index in [4.69, 9.17) is 0 Å². The van der Waals surface area contributed by atoms with Gasteiger partial charge in [-0.05, 0) is 55.2 Å². The molecule has 1 aromatic heterocycles. The summed E-state index contributed by atoms with van der Waals surface area (Å²) in [7, 11) is 0. The van der Waals surface area contributed by atoms with Crippen LogP contribution >= 0.6 is 0 Å². The van der Waals surface area contributed by atoms with Gasteiger partial charge in [0.2, 0.25) is 5.91 Å². The Kier molecular flexibility index (Phi) is 4.03. The van der Waals surface area contributed by atoms with E-state index >= 15 is 0 Å². The van der Waals surface area contributed by atoms with Gasteiger partial charge in [0.15, 0.2) is 0 Å². The lowest BCUT2D eigenvalue weighted by atomic mass is 10.1. The van der Waals surface area contributed by atoms with E-state index in [2.05, 4.69) is 10.4 Å². The third-order valence-corrected chi connectivity index (χ3v) is 4.68. The number of hydrogen-bond donors (Lipinski definition) is 1. The summed E-state index contributed by atoms with van der Waals surface area (Å²) in [4.78, 5) is 12.6. The maximum Gasteiger partial charge on any atom is 0.229 e. The second kappa shape index (κ2) is 6.37. The van der Waals surface area contributed by atoms with Crippen molar-refractivity contribution in [2.75, 3.05) is 5.32 Å². The molecule has 132 valence electrons. The number of para-hydroxylation sites is 1. The highest BCUT2D eigenvalue weighted by molar-refractivity contribution is 5.95. The fourth-order valence-electron chi connectivity index (χ4n) is 3.18. The number of amides is 1. The molecule has 0 spiro atoms. The van der Waals surface area contributed by atoms with Gasteiger partial charge < -0.3 is 5.32 Å². The van der Waals surface area contributed by atoms with Gasteiger partial charge in [-0.3, -0.25) is 4.79 Å². The Morgan fingerprint density at radius 2 is 1.96 bits per heavy atom. The molecule has 0 aliphatic heterocycles. The smallest absolute Gasteiger partial charge is 0.229 e. The number of nitrogens with one attached hydrogen (secondary N) is 1. The maximum atomic E-state index is 13.9. The van der Waals surface area contributed by atoms with E-state index in [0.29, 0.717) is 12.2 Å². The first-order valence-corrected chi connectivity index (χ1v) is 8.40. The Morgan fingerprint density at radius 1 is 1.19 bits per heavy atom. The fourth-order valence-corrected chi connectivity index (χ4v) is 3.18. The summed E-state index contributed by atoms with van der Waals surface area (Å²) in [6.45, 7) is 1.86. The molecular formula is C20H17F2N3O. The fraction of sp³-hybridized carbons (Fsp3) is 0.200. The highest BCUT2D eigenvalue weighted by Gasteiger charge is 2.45. The monoisotopic (exact) mass is 353 g/mol. The summed E-state index contributed by atoms with van der Waals surface area (Å²) in [6.07, 6.45) is 2.18. The van der Waals surface area contributed by atoms with Crippen LogP contribution in [0.15, 0.2) is 54.7 Å². The van der Waals surface area contributed by atoms with E-state index in [0.717, 1.165) is 23.4 Å². The minimum Gasteiger partial charge on any atom is -0.310 e. The van der Waals surface area contributed by atoms with Crippen LogP contribution in [0.3, 0.4) is 0 Å². The highest BCUT2D eigenvalue weighted by Crippen LogP contribution is 2.49. The normalized spacial score (nSPS) is 18.6. The van der Waals surface area contributed by atoms with Crippen molar-refractivity contribution in [1.29, 1.82) is 0 Å². The number of hydrogen-bond acceptors (Lipinski definition) is 2. The third-order valence-electron chi connectivity index (χ3n) is 4.68. The van der Waals surface area contributed by atoms with Crippen molar-refractivity contribution >= 4 is 11.7 Å². The maximum absolute atomic E-state index is 13.9. The first kappa shape index (κ1) is 16.4. The molecule has 1 aliphatic carbocycles. The number of carbonyl (C=O) groups excluding carboxylic acids is 1. The van der Waals surface area contributed by atoms with Gasteiger partial charge in [0.05, 0.1) is 11.9 Å². The van der Waals surface area contributed by atoms with E-state index in [1.807, 2.05) is 37.3 Å². The van der Waals surface area contributed by atoms with E-state index in [1.54, 1.807) is 10.9 Å². The topological polar surface area (TPSA) is 46.9 Å². The molecule has 1 amide bonds. The standard InChI is InChI=1S/C20H17F2N3O/c1-12-11-23-25(14-5-3-2-4-6-14)19(12)24-20(26)17-10-15(17)16-9-13(21)7-8-18(16)22/h2-9,11,15,17H,10H2,1H3,(H,24,26)/t15-,17+/m1/s1. The van der Waals surface area contributed by atoms with Gasteiger partial charge in [0.1, 0.15) is 17.5 Å². The highest BCUT2D eigenvalue weighted by atomic mass is 19.1. The van der Waals surface area contributed by atoms with E-state index < -0.39 is 11.6 Å². The average molecular weight is 353 g/mol. The molecule has 26 heavy (non-hydrogen) atoms. The molecule has 1 aliphatic rings. The van der Waals surface area contributed by atoms with Crippen LogP contribution in [0.5, 0.6) is 0 Å². The van der Waals surface area contributed by atoms with Crippen LogP contribution in [0.2, 0.25) is 0 Å². The molecule has 2 atom stereocenters. The molecule has 1 saturated carbocycles. The summed E-state index contributed by atoms with van der Waals surface area (Å²) in [5.74, 6) is -1.25. The number of nitrogens with zero attached hydrogens (tertiary/aromatic N) is 2. The lowest BCUT2D eigenvalue weighted by Crippen LogP contribution is -2.18. The Labute approximate surface area is 149 Å². The van der Waals surface area contributed by atoms with Crippen molar-refractivity contribution in [1.82, 2.24) is 9.78 Å². The van der Waals surface area contributed by atoms with Gasteiger partial charge in [-0.1, -0.05) is 18.2 Å². The van der Waals surface area contributed by atoms with Crippen molar-refractivity contribution in [2.24, 2.45) is 5.92 Å². The van der Waals surface area contributed by atoms with Crippen LogP contribution in [0.1, 0.15) is 23.5 Å². The molecule has 3 aromatic rings. The number of anilines is 1. The molecule has 1 fully saturated rings. The van der Waals surface area contributed by atoms with Crippen molar-refractivity contribution in [3.05, 3.63) is 77.5 Å². The summed E-state index contributed by atoms with van der Waals surface area (Å²) < 4.78 is 29.0. The molecule has 4 rings (SSSR count). The molecule has 0 unspecified atom stereocenters. The molecule has 0 bridgehead atoms. The molecule has 0 radical (unpaired) electrons. The predicted molar refractivity (Wildman–Crippen MR) is 94.1 cm³/mol. The third kappa shape index (κ3) is 2.98. The Bertz CT molecular complexity index is 968. The van der Waals surface area contributed by atoms with Gasteiger partial charge in [0.25, 0.3) is 0 Å². The van der Waals surface area contributed by atoms with Crippen LogP contribution in [0.25, 0.3) is 5.69 Å². The first-order valence-electron chi connectivity index (χ1n) is 8.40. The van der Waals surface area contributed by atoms with Crippen LogP contribution in [-0.2, 0) is 4.79 Å². The summed E-state index contributed by atoms with van der Waals surface area (Å²) in [5, 5.41) is 7.21. The van der Waals surface area contributed by atoms with Crippen molar-refractivity contribution < 1.29 is 13.6 Å². The van der Waals surface area contributed by atoms with Crippen LogP contribution in [0, 0.1) is 24.5 Å². The first-order chi connectivity index (χ1) is 12.5. The molecular weight excluding hydrogens is 336 g/mol. The van der Waals surface area contributed by atoms with Gasteiger partial charge in [-0.15, -0.1) is 0 Å². The molecule has 4 nitrogen and oxygen atoms in total. The van der Waals surface area contributed by atoms with E-state index in [1.165, 1.54) is 6.07 Å². The lowest BCUT2D eigenvalue weighted by Gasteiger charge is -2.10. The molecule has 0 saturated heterocycles. The van der Waals surface area contributed by atoms with Gasteiger partial charge >= 0.3 is 0 Å². The van der Waals surface area contributed by atoms with Crippen molar-refractivity contribution in [3.8, 4) is 5.69 Å². The zero-order valence-corrected chi connectivity index (χ0v) is 14.1. The number of aryl methyl sites for hydroxylation is 1. The lowest BCUT2D eigenvalue weighted by molar-refractivity contribution is -0.117. The Balaban J connectivity index is 1.54. The van der Waals surface area contributed by atoms with Gasteiger partial charge in [-0.2, -0.15) is 5.10 Å². The van der Waals surface area contributed by atoms with Crippen molar-refractivity contribution in [2.45, 2.75) is 19.3 Å². The molecule has 1 N–H and O–H groups in total. The Morgan fingerprint density at radius 3 is 2.73 bits per heavy atom. The zero-order chi connectivity index (χ0) is 18.3. The summed E-state index contributed by atoms with van der Waals surface area (Å²) >= 11 is 0. The average Bonchev–Trinajstić information content (AvgIpc) is 3.36. The minimum atomic E-state index is -0.495. The van der Waals surface area contributed by atoms with Crippen LogP contribution in [-0.4, -0.2) is 15.7 Å². The number of benzene rings is 2. The summed E-state index contributed by atoms with van der Waals surface area (Å²) in [6, 6.07) is 12.8. The van der Waals surface area contributed by atoms with Gasteiger partial charge in [0, 0.05) is 11.5 Å². The molecule has 1 heterocycles. The number of rotatable bonds is 4. The van der Waals surface area contributed by atoms with Gasteiger partial charge in [-0.25, -0.2) is 13.5 Å². The second-order valence-electron chi connectivity index (χ2n) is 6.53. The number of halogens is 2. The quantitative estimate of drug-likeness (QED) is 0.764. The molecule has 6 heteroatoms. The van der Waals surface area contributed by atoms with Crippen LogP contribution < -0.4 is 5.32 Å². The minimum absolute atomic E-state index is 0.209. The summed E-state index contributed by atoms with van der Waals surface area (Å²) in [5.41, 5.74) is 1.93. The SMILES string of the molecule is Cc1cnn(-c2ccccc2)c1NC(=O)[C@H]1C[C@@H]1c1cc(F)ccc1F. The second-order valence-corrected chi connectivity index (χ2v) is 6.53. The van der Waals surface area contributed by atoms with E-state index in [-0.39, 0.29) is 23.3 Å². The largest absolute Gasteiger partial charge is 0.310 e. The number of carbonyl (C=O) groups is 1. The number of aromatic nitrogens is 2. The Hall–Kier alpha value is -3.02.